The van der Waals surface area contributed by atoms with Crippen molar-refractivity contribution in [1.29, 1.82) is 0 Å². The van der Waals surface area contributed by atoms with Crippen molar-refractivity contribution in [3.05, 3.63) is 5.82 Å². The number of thiocarbonyl (C=S) groups is 1. The number of nitrogens with zero attached hydrogens (tertiary/aromatic N) is 5. The van der Waals surface area contributed by atoms with Crippen LogP contribution in [0.2, 0.25) is 0 Å². The van der Waals surface area contributed by atoms with Gasteiger partial charge in [-0.3, -0.25) is 0 Å². The number of aromatic nitrogens is 4. The van der Waals surface area contributed by atoms with Gasteiger partial charge < -0.3 is 14.4 Å². The molecule has 0 saturated heterocycles. The monoisotopic (exact) mass is 409 g/mol. The van der Waals surface area contributed by atoms with Crippen molar-refractivity contribution >= 4 is 17.2 Å². The Morgan fingerprint density at radius 2 is 1.86 bits per heavy atom. The highest BCUT2D eigenvalue weighted by molar-refractivity contribution is 7.80. The zero-order valence-corrected chi connectivity index (χ0v) is 18.4. The van der Waals surface area contributed by atoms with Crippen molar-refractivity contribution in [3.8, 4) is 0 Å². The normalized spacial score (nSPS) is 26.3. The molecular formula is C20H35N5O2S. The number of ether oxygens (including phenoxy) is 2. The zero-order valence-electron chi connectivity index (χ0n) is 17.5. The Morgan fingerprint density at radius 1 is 1.11 bits per heavy atom. The molecule has 3 rings (SSSR count). The molecule has 3 atom stereocenters. The molecule has 2 aliphatic rings. The minimum absolute atomic E-state index is 0.0949. The highest BCUT2D eigenvalue weighted by Crippen LogP contribution is 2.32. The van der Waals surface area contributed by atoms with E-state index in [-0.39, 0.29) is 18.2 Å². The van der Waals surface area contributed by atoms with Gasteiger partial charge in [-0.15, -0.1) is 5.10 Å². The molecule has 2 fully saturated rings. The van der Waals surface area contributed by atoms with Gasteiger partial charge in [-0.05, 0) is 55.4 Å². The first-order valence-electron chi connectivity index (χ1n) is 10.7. The molecule has 0 aliphatic heterocycles. The number of hydrogen-bond donors (Lipinski definition) is 0. The van der Waals surface area contributed by atoms with Crippen LogP contribution in [-0.4, -0.2) is 69.6 Å². The van der Waals surface area contributed by atoms with Crippen molar-refractivity contribution in [2.75, 3.05) is 21.3 Å². The lowest BCUT2D eigenvalue weighted by atomic mass is 9.90. The molecule has 7 nitrogen and oxygen atoms in total. The molecule has 2 saturated carbocycles. The van der Waals surface area contributed by atoms with Crippen molar-refractivity contribution in [2.45, 2.75) is 94.9 Å². The fourth-order valence-electron chi connectivity index (χ4n) is 4.73. The highest BCUT2D eigenvalue weighted by Gasteiger charge is 2.33. The van der Waals surface area contributed by atoms with Crippen molar-refractivity contribution in [1.82, 2.24) is 25.1 Å². The van der Waals surface area contributed by atoms with Crippen LogP contribution in [0.3, 0.4) is 0 Å². The van der Waals surface area contributed by atoms with Gasteiger partial charge in [0.2, 0.25) is 0 Å². The summed E-state index contributed by atoms with van der Waals surface area (Å²) >= 11 is 5.70. The predicted octanol–water partition coefficient (Wildman–Crippen LogP) is 3.34. The van der Waals surface area contributed by atoms with Crippen LogP contribution >= 0.6 is 12.2 Å². The first-order valence-corrected chi connectivity index (χ1v) is 11.1. The molecule has 158 valence electrons. The van der Waals surface area contributed by atoms with Crippen LogP contribution in [-0.2, 0) is 15.9 Å². The molecule has 8 heteroatoms. The van der Waals surface area contributed by atoms with E-state index >= 15 is 0 Å². The number of aryl methyl sites for hydroxylation is 1. The van der Waals surface area contributed by atoms with Gasteiger partial charge in [0.05, 0.1) is 23.2 Å². The van der Waals surface area contributed by atoms with Gasteiger partial charge in [-0.2, -0.15) is 0 Å². The van der Waals surface area contributed by atoms with Gasteiger partial charge in [0.1, 0.15) is 0 Å². The minimum Gasteiger partial charge on any atom is -0.379 e. The number of hydrogen-bond acceptors (Lipinski definition) is 6. The Hall–Kier alpha value is -1.12. The maximum atomic E-state index is 5.70. The lowest BCUT2D eigenvalue weighted by Crippen LogP contribution is -2.38. The van der Waals surface area contributed by atoms with Crippen molar-refractivity contribution in [2.24, 2.45) is 0 Å². The molecule has 0 N–H and O–H groups in total. The van der Waals surface area contributed by atoms with Gasteiger partial charge in [-0.1, -0.05) is 31.5 Å². The maximum Gasteiger partial charge on any atom is 0.151 e. The van der Waals surface area contributed by atoms with Gasteiger partial charge in [0.25, 0.3) is 0 Å². The first-order chi connectivity index (χ1) is 13.6. The molecule has 0 bridgehead atoms. The average Bonchev–Trinajstić information content (AvgIpc) is 3.21. The maximum absolute atomic E-state index is 5.70. The number of tetrazole rings is 1. The van der Waals surface area contributed by atoms with Gasteiger partial charge in [-0.25, -0.2) is 4.68 Å². The summed E-state index contributed by atoms with van der Waals surface area (Å²) < 4.78 is 13.2. The molecule has 2 aliphatic carbocycles. The third kappa shape index (κ3) is 5.27. The number of methoxy groups -OCH3 is 2. The Balaban J connectivity index is 1.50. The Morgan fingerprint density at radius 3 is 2.57 bits per heavy atom. The molecular weight excluding hydrogens is 374 g/mol. The number of rotatable bonds is 8. The molecule has 1 aromatic heterocycles. The summed E-state index contributed by atoms with van der Waals surface area (Å²) in [5, 5.41) is 12.5. The minimum atomic E-state index is 0.0949. The van der Waals surface area contributed by atoms with E-state index in [0.717, 1.165) is 49.3 Å². The van der Waals surface area contributed by atoms with Crippen molar-refractivity contribution in [3.63, 3.8) is 0 Å². The summed E-state index contributed by atoms with van der Waals surface area (Å²) in [6.45, 7) is 0. The Bertz CT molecular complexity index is 619. The second kappa shape index (κ2) is 10.6. The van der Waals surface area contributed by atoms with Crippen LogP contribution in [0.15, 0.2) is 0 Å². The molecule has 0 aromatic carbocycles. The summed E-state index contributed by atoms with van der Waals surface area (Å²) in [4.78, 5) is 3.41. The van der Waals surface area contributed by atoms with E-state index in [2.05, 4.69) is 27.5 Å². The quantitative estimate of drug-likeness (QED) is 0.610. The first kappa shape index (κ1) is 21.6. The zero-order chi connectivity index (χ0) is 19.9. The van der Waals surface area contributed by atoms with E-state index in [1.165, 1.54) is 32.1 Å². The summed E-state index contributed by atoms with van der Waals surface area (Å²) in [6, 6.07) is 0.909. The van der Waals surface area contributed by atoms with E-state index in [1.54, 1.807) is 14.2 Å². The third-order valence-electron chi connectivity index (χ3n) is 6.52. The van der Waals surface area contributed by atoms with E-state index in [4.69, 9.17) is 21.7 Å². The van der Waals surface area contributed by atoms with Crippen LogP contribution in [0, 0.1) is 0 Å². The van der Waals surface area contributed by atoms with Crippen molar-refractivity contribution < 1.29 is 9.47 Å². The molecule has 1 heterocycles. The summed E-state index contributed by atoms with van der Waals surface area (Å²) in [5.74, 6) is 0.957. The summed E-state index contributed by atoms with van der Waals surface area (Å²) in [5.41, 5.74) is 0. The van der Waals surface area contributed by atoms with Crippen LogP contribution in [0.25, 0.3) is 0 Å². The van der Waals surface area contributed by atoms with E-state index in [9.17, 15) is 0 Å². The largest absolute Gasteiger partial charge is 0.379 e. The highest BCUT2D eigenvalue weighted by atomic mass is 32.1. The molecule has 3 unspecified atom stereocenters. The van der Waals surface area contributed by atoms with Crippen LogP contribution < -0.4 is 0 Å². The SMILES string of the molecule is COC1CCC(n2nnnc2CCCC(=S)N(C)C2CCCCC2)CC1OC. The Labute approximate surface area is 174 Å². The third-order valence-corrected chi connectivity index (χ3v) is 7.01. The molecule has 28 heavy (non-hydrogen) atoms. The van der Waals surface area contributed by atoms with Crippen LogP contribution in [0.5, 0.6) is 0 Å². The molecule has 0 amide bonds. The lowest BCUT2D eigenvalue weighted by Gasteiger charge is -2.34. The topological polar surface area (TPSA) is 65.3 Å². The molecule has 0 radical (unpaired) electrons. The smallest absolute Gasteiger partial charge is 0.151 e. The molecule has 0 spiro atoms. The predicted molar refractivity (Wildman–Crippen MR) is 112 cm³/mol. The summed E-state index contributed by atoms with van der Waals surface area (Å²) in [6.07, 6.45) is 12.5. The summed E-state index contributed by atoms with van der Waals surface area (Å²) in [7, 11) is 5.68. The fourth-order valence-corrected chi connectivity index (χ4v) is 5.02. The van der Waals surface area contributed by atoms with Gasteiger partial charge >= 0.3 is 0 Å². The van der Waals surface area contributed by atoms with E-state index in [0.29, 0.717) is 6.04 Å². The van der Waals surface area contributed by atoms with Gasteiger partial charge in [0, 0.05) is 33.7 Å². The van der Waals surface area contributed by atoms with Crippen LogP contribution in [0.1, 0.15) is 76.1 Å². The Kier molecular flexibility index (Phi) is 8.17. The second-order valence-electron chi connectivity index (χ2n) is 8.20. The lowest BCUT2D eigenvalue weighted by molar-refractivity contribution is -0.0697. The average molecular weight is 410 g/mol. The fraction of sp³-hybridized carbons (Fsp3) is 0.900. The molecule has 1 aromatic rings. The van der Waals surface area contributed by atoms with E-state index < -0.39 is 0 Å². The standard InChI is InChI=1S/C20H35N5O2S/c1-24(15-8-5-4-6-9-15)20(28)11-7-10-19-21-22-23-25(19)16-12-13-17(26-2)18(14-16)27-3/h15-18H,4-14H2,1-3H3. The second-order valence-corrected chi connectivity index (χ2v) is 8.68. The van der Waals surface area contributed by atoms with Crippen LogP contribution in [0.4, 0.5) is 0 Å². The van der Waals surface area contributed by atoms with Gasteiger partial charge in [0.15, 0.2) is 5.82 Å². The van der Waals surface area contributed by atoms with E-state index in [1.807, 2.05) is 4.68 Å².